The van der Waals surface area contributed by atoms with Crippen molar-refractivity contribution < 1.29 is 32.3 Å². The third-order valence-electron chi connectivity index (χ3n) is 2.67. The van der Waals surface area contributed by atoms with Crippen LogP contribution in [0.2, 0.25) is 0 Å². The Bertz CT molecular complexity index is 658. The van der Waals surface area contributed by atoms with E-state index in [0.29, 0.717) is 5.76 Å². The summed E-state index contributed by atoms with van der Waals surface area (Å²) in [5, 5.41) is 2.50. The summed E-state index contributed by atoms with van der Waals surface area (Å²) in [4.78, 5) is 23.3. The molecule has 1 aromatic heterocycles. The van der Waals surface area contributed by atoms with Crippen molar-refractivity contribution in [1.82, 2.24) is 5.32 Å². The van der Waals surface area contributed by atoms with Gasteiger partial charge in [-0.05, 0) is 30.3 Å². The van der Waals surface area contributed by atoms with Crippen LogP contribution in [0.5, 0.6) is 5.75 Å². The number of carbonyl (C=O) groups is 2. The Kier molecular flexibility index (Phi) is 5.67. The maximum absolute atomic E-state index is 12.1. The summed E-state index contributed by atoms with van der Waals surface area (Å²) in [7, 11) is 0. The van der Waals surface area contributed by atoms with E-state index in [1.165, 1.54) is 24.5 Å². The topological polar surface area (TPSA) is 77.8 Å². The molecule has 0 spiro atoms. The summed E-state index contributed by atoms with van der Waals surface area (Å²) >= 11 is 0. The molecule has 0 aliphatic carbocycles. The van der Waals surface area contributed by atoms with Gasteiger partial charge in [-0.25, -0.2) is 4.79 Å². The molecule has 0 atom stereocenters. The Balaban J connectivity index is 1.80. The van der Waals surface area contributed by atoms with Crippen LogP contribution in [-0.4, -0.2) is 25.1 Å². The molecule has 6 nitrogen and oxygen atoms in total. The number of halogens is 2. The number of carbonyl (C=O) groups excluding carboxylic acids is 2. The average molecular weight is 325 g/mol. The van der Waals surface area contributed by atoms with Crippen molar-refractivity contribution >= 4 is 11.9 Å². The highest BCUT2D eigenvalue weighted by Gasteiger charge is 2.12. The first-order chi connectivity index (χ1) is 11.0. The molecule has 0 radical (unpaired) electrons. The highest BCUT2D eigenvalue weighted by atomic mass is 19.3. The smallest absolute Gasteiger partial charge is 0.387 e. The van der Waals surface area contributed by atoms with Gasteiger partial charge in [0.1, 0.15) is 11.5 Å². The van der Waals surface area contributed by atoms with E-state index < -0.39 is 25.1 Å². The highest BCUT2D eigenvalue weighted by Crippen LogP contribution is 2.16. The van der Waals surface area contributed by atoms with E-state index in [1.807, 2.05) is 0 Å². The molecular formula is C15H13F2NO5. The number of amides is 1. The van der Waals surface area contributed by atoms with Gasteiger partial charge in [-0.3, -0.25) is 4.79 Å². The number of benzene rings is 1. The lowest BCUT2D eigenvalue weighted by Crippen LogP contribution is -2.28. The zero-order valence-corrected chi connectivity index (χ0v) is 11.8. The second-order valence-corrected chi connectivity index (χ2v) is 4.34. The molecule has 2 rings (SSSR count). The van der Waals surface area contributed by atoms with E-state index in [0.717, 1.165) is 6.07 Å². The van der Waals surface area contributed by atoms with Crippen LogP contribution in [0.4, 0.5) is 8.78 Å². The lowest BCUT2D eigenvalue weighted by molar-refractivity contribution is -0.124. The standard InChI is InChI=1S/C15H13F2NO5/c16-15(17)23-11-4-1-3-10(7-11)14(20)22-9-13(19)18-8-12-5-2-6-21-12/h1-7,15H,8-9H2,(H,18,19). The monoisotopic (exact) mass is 325 g/mol. The Morgan fingerprint density at radius 3 is 2.74 bits per heavy atom. The fraction of sp³-hybridized carbons (Fsp3) is 0.200. The highest BCUT2D eigenvalue weighted by molar-refractivity contribution is 5.91. The van der Waals surface area contributed by atoms with Gasteiger partial charge in [0.15, 0.2) is 6.61 Å². The summed E-state index contributed by atoms with van der Waals surface area (Å²) in [5.74, 6) is -0.953. The fourth-order valence-electron chi connectivity index (χ4n) is 1.66. The van der Waals surface area contributed by atoms with E-state index >= 15 is 0 Å². The number of hydrogen-bond acceptors (Lipinski definition) is 5. The molecule has 0 unspecified atom stereocenters. The number of hydrogen-bond donors (Lipinski definition) is 1. The molecule has 23 heavy (non-hydrogen) atoms. The van der Waals surface area contributed by atoms with E-state index in [1.54, 1.807) is 12.1 Å². The Labute approximate surface area is 130 Å². The first kappa shape index (κ1) is 16.5. The van der Waals surface area contributed by atoms with Crippen molar-refractivity contribution in [2.75, 3.05) is 6.61 Å². The molecule has 1 aromatic carbocycles. The molecule has 1 N–H and O–H groups in total. The van der Waals surface area contributed by atoms with Crippen LogP contribution in [-0.2, 0) is 16.1 Å². The average Bonchev–Trinajstić information content (AvgIpc) is 3.03. The number of rotatable bonds is 7. The summed E-state index contributed by atoms with van der Waals surface area (Å²) < 4.78 is 38.2. The van der Waals surface area contributed by atoms with Crippen molar-refractivity contribution in [3.63, 3.8) is 0 Å². The first-order valence-corrected chi connectivity index (χ1v) is 6.55. The van der Waals surface area contributed by atoms with Gasteiger partial charge in [-0.15, -0.1) is 0 Å². The number of furan rings is 1. The lowest BCUT2D eigenvalue weighted by atomic mass is 10.2. The zero-order chi connectivity index (χ0) is 16.7. The van der Waals surface area contributed by atoms with Gasteiger partial charge < -0.3 is 19.2 Å². The Hall–Kier alpha value is -2.90. The third kappa shape index (κ3) is 5.42. The maximum Gasteiger partial charge on any atom is 0.387 e. The third-order valence-corrected chi connectivity index (χ3v) is 2.67. The molecule has 0 aliphatic rings. The van der Waals surface area contributed by atoms with Crippen molar-refractivity contribution in [3.05, 3.63) is 54.0 Å². The molecule has 0 aliphatic heterocycles. The molecule has 1 heterocycles. The first-order valence-electron chi connectivity index (χ1n) is 6.55. The minimum atomic E-state index is -2.99. The van der Waals surface area contributed by atoms with Crippen LogP contribution >= 0.6 is 0 Å². The molecule has 2 aromatic rings. The van der Waals surface area contributed by atoms with Gasteiger partial charge >= 0.3 is 12.6 Å². The van der Waals surface area contributed by atoms with Gasteiger partial charge in [0.2, 0.25) is 0 Å². The van der Waals surface area contributed by atoms with Crippen LogP contribution in [0.1, 0.15) is 16.1 Å². The summed E-state index contributed by atoms with van der Waals surface area (Å²) in [6, 6.07) is 8.47. The summed E-state index contributed by atoms with van der Waals surface area (Å²) in [6.45, 7) is -3.32. The van der Waals surface area contributed by atoms with Crippen LogP contribution in [0.3, 0.4) is 0 Å². The minimum Gasteiger partial charge on any atom is -0.467 e. The predicted octanol–water partition coefficient (Wildman–Crippen LogP) is 2.35. The minimum absolute atomic E-state index is 0.00184. The van der Waals surface area contributed by atoms with Crippen molar-refractivity contribution in [2.24, 2.45) is 0 Å². The molecule has 0 saturated heterocycles. The summed E-state index contributed by atoms with van der Waals surface area (Å²) in [5.41, 5.74) is 0.00184. The van der Waals surface area contributed by atoms with E-state index in [2.05, 4.69) is 10.1 Å². The van der Waals surface area contributed by atoms with Crippen LogP contribution < -0.4 is 10.1 Å². The van der Waals surface area contributed by atoms with Gasteiger partial charge in [-0.2, -0.15) is 8.78 Å². The molecule has 0 saturated carbocycles. The normalized spacial score (nSPS) is 10.4. The quantitative estimate of drug-likeness (QED) is 0.791. The van der Waals surface area contributed by atoms with Crippen molar-refractivity contribution in [2.45, 2.75) is 13.2 Å². The van der Waals surface area contributed by atoms with E-state index in [4.69, 9.17) is 9.15 Å². The fourth-order valence-corrected chi connectivity index (χ4v) is 1.66. The molecule has 1 amide bonds. The van der Waals surface area contributed by atoms with E-state index in [-0.39, 0.29) is 17.9 Å². The predicted molar refractivity (Wildman–Crippen MR) is 73.9 cm³/mol. The molecule has 0 bridgehead atoms. The SMILES string of the molecule is O=C(COC(=O)c1cccc(OC(F)F)c1)NCc1ccco1. The Morgan fingerprint density at radius 1 is 1.22 bits per heavy atom. The Morgan fingerprint density at radius 2 is 2.04 bits per heavy atom. The number of ether oxygens (including phenoxy) is 2. The second kappa shape index (κ2) is 7.92. The van der Waals surface area contributed by atoms with Gasteiger partial charge in [0.05, 0.1) is 18.4 Å². The van der Waals surface area contributed by atoms with E-state index in [9.17, 15) is 18.4 Å². The molecule has 0 fully saturated rings. The van der Waals surface area contributed by atoms with Crippen molar-refractivity contribution in [3.8, 4) is 5.75 Å². The van der Waals surface area contributed by atoms with Gasteiger partial charge in [0, 0.05) is 0 Å². The van der Waals surface area contributed by atoms with Gasteiger partial charge in [-0.1, -0.05) is 6.07 Å². The van der Waals surface area contributed by atoms with Gasteiger partial charge in [0.25, 0.3) is 5.91 Å². The van der Waals surface area contributed by atoms with Crippen LogP contribution in [0.25, 0.3) is 0 Å². The number of alkyl halides is 2. The van der Waals surface area contributed by atoms with Crippen LogP contribution in [0, 0.1) is 0 Å². The maximum atomic E-state index is 12.1. The number of esters is 1. The largest absolute Gasteiger partial charge is 0.467 e. The molecular weight excluding hydrogens is 312 g/mol. The summed E-state index contributed by atoms with van der Waals surface area (Å²) in [6.07, 6.45) is 1.47. The number of nitrogens with one attached hydrogen (secondary N) is 1. The van der Waals surface area contributed by atoms with Crippen molar-refractivity contribution in [1.29, 1.82) is 0 Å². The zero-order valence-electron chi connectivity index (χ0n) is 11.8. The second-order valence-electron chi connectivity index (χ2n) is 4.34. The lowest BCUT2D eigenvalue weighted by Gasteiger charge is -2.07. The van der Waals surface area contributed by atoms with Crippen LogP contribution in [0.15, 0.2) is 47.1 Å². The molecule has 8 heteroatoms. The molecule has 122 valence electrons.